The second kappa shape index (κ2) is 5.57. The highest BCUT2D eigenvalue weighted by Gasteiger charge is 2.27. The number of benzene rings is 1. The molecule has 3 heteroatoms. The molecule has 20 heavy (non-hydrogen) atoms. The van der Waals surface area contributed by atoms with E-state index in [1.54, 1.807) is 0 Å². The molecule has 2 atom stereocenters. The van der Waals surface area contributed by atoms with E-state index < -0.39 is 0 Å². The van der Waals surface area contributed by atoms with Gasteiger partial charge in [-0.15, -0.1) is 0 Å². The standard InChI is InChI=1S/C17H23NO2/c1-12-10-18(11-13(2)20-12)17(19)16-8-7-14-5-3-4-6-15(14)9-16/h7-9,12-13H,3-6,10-11H2,1-2H3. The summed E-state index contributed by atoms with van der Waals surface area (Å²) in [5, 5.41) is 0. The Morgan fingerprint density at radius 2 is 1.75 bits per heavy atom. The molecular weight excluding hydrogens is 250 g/mol. The number of amides is 1. The summed E-state index contributed by atoms with van der Waals surface area (Å²) in [7, 11) is 0. The van der Waals surface area contributed by atoms with E-state index in [0.717, 1.165) is 18.4 Å². The molecule has 3 rings (SSSR count). The molecule has 0 bridgehead atoms. The Labute approximate surface area is 120 Å². The molecule has 3 nitrogen and oxygen atoms in total. The highest BCUT2D eigenvalue weighted by Crippen LogP contribution is 2.23. The van der Waals surface area contributed by atoms with Crippen LogP contribution in [-0.4, -0.2) is 36.1 Å². The number of hydrogen-bond acceptors (Lipinski definition) is 2. The number of nitrogens with zero attached hydrogens (tertiary/aromatic N) is 1. The maximum Gasteiger partial charge on any atom is 0.254 e. The zero-order chi connectivity index (χ0) is 14.1. The Morgan fingerprint density at radius 1 is 1.10 bits per heavy atom. The Morgan fingerprint density at radius 3 is 2.45 bits per heavy atom. The fraction of sp³-hybridized carbons (Fsp3) is 0.588. The second-order valence-electron chi connectivity index (χ2n) is 6.16. The third-order valence-corrected chi connectivity index (χ3v) is 4.30. The van der Waals surface area contributed by atoms with Crippen LogP contribution < -0.4 is 0 Å². The Bertz CT molecular complexity index is 502. The molecule has 1 heterocycles. The summed E-state index contributed by atoms with van der Waals surface area (Å²) in [4.78, 5) is 14.6. The summed E-state index contributed by atoms with van der Waals surface area (Å²) in [6.45, 7) is 5.45. The normalized spacial score (nSPS) is 26.2. The number of carbonyl (C=O) groups is 1. The third kappa shape index (κ3) is 2.73. The molecule has 0 spiro atoms. The van der Waals surface area contributed by atoms with Gasteiger partial charge in [0.05, 0.1) is 12.2 Å². The minimum atomic E-state index is 0.125. The van der Waals surface area contributed by atoms with Crippen molar-refractivity contribution in [3.63, 3.8) is 0 Å². The number of hydrogen-bond donors (Lipinski definition) is 0. The lowest BCUT2D eigenvalue weighted by molar-refractivity contribution is -0.0586. The molecule has 0 radical (unpaired) electrons. The van der Waals surface area contributed by atoms with Gasteiger partial charge in [-0.05, 0) is 62.8 Å². The van der Waals surface area contributed by atoms with Crippen LogP contribution in [-0.2, 0) is 17.6 Å². The molecule has 0 N–H and O–H groups in total. The average molecular weight is 273 g/mol. The van der Waals surface area contributed by atoms with Gasteiger partial charge in [-0.25, -0.2) is 0 Å². The molecule has 1 aliphatic heterocycles. The molecule has 1 amide bonds. The first-order valence-electron chi connectivity index (χ1n) is 7.70. The predicted octanol–water partition coefficient (Wildman–Crippen LogP) is 2.81. The quantitative estimate of drug-likeness (QED) is 0.787. The number of aryl methyl sites for hydroxylation is 2. The van der Waals surface area contributed by atoms with Crippen LogP contribution in [0.2, 0.25) is 0 Å². The van der Waals surface area contributed by atoms with E-state index in [2.05, 4.69) is 12.1 Å². The van der Waals surface area contributed by atoms with Gasteiger partial charge in [-0.2, -0.15) is 0 Å². The molecule has 1 fully saturated rings. The van der Waals surface area contributed by atoms with Gasteiger partial charge in [0.15, 0.2) is 0 Å². The van der Waals surface area contributed by atoms with Crippen molar-refractivity contribution in [2.75, 3.05) is 13.1 Å². The molecule has 0 aromatic heterocycles. The Balaban J connectivity index is 1.79. The number of carbonyl (C=O) groups excluding carboxylic acids is 1. The van der Waals surface area contributed by atoms with Crippen molar-refractivity contribution in [1.29, 1.82) is 0 Å². The van der Waals surface area contributed by atoms with Crippen molar-refractivity contribution in [3.05, 3.63) is 34.9 Å². The molecule has 0 saturated carbocycles. The van der Waals surface area contributed by atoms with Crippen LogP contribution in [0.3, 0.4) is 0 Å². The van der Waals surface area contributed by atoms with Crippen LogP contribution in [0.15, 0.2) is 18.2 Å². The zero-order valence-corrected chi connectivity index (χ0v) is 12.4. The Kier molecular flexibility index (Phi) is 3.79. The zero-order valence-electron chi connectivity index (χ0n) is 12.4. The van der Waals surface area contributed by atoms with Gasteiger partial charge < -0.3 is 9.64 Å². The molecular formula is C17H23NO2. The molecule has 1 aliphatic carbocycles. The van der Waals surface area contributed by atoms with E-state index >= 15 is 0 Å². The third-order valence-electron chi connectivity index (χ3n) is 4.30. The minimum Gasteiger partial charge on any atom is -0.372 e. The van der Waals surface area contributed by atoms with Crippen molar-refractivity contribution in [1.82, 2.24) is 4.90 Å². The summed E-state index contributed by atoms with van der Waals surface area (Å²) in [5.41, 5.74) is 3.64. The number of ether oxygens (including phenoxy) is 1. The van der Waals surface area contributed by atoms with E-state index in [9.17, 15) is 4.79 Å². The van der Waals surface area contributed by atoms with Crippen molar-refractivity contribution < 1.29 is 9.53 Å². The highest BCUT2D eigenvalue weighted by atomic mass is 16.5. The lowest BCUT2D eigenvalue weighted by atomic mass is 9.90. The van der Waals surface area contributed by atoms with Crippen molar-refractivity contribution in [2.24, 2.45) is 0 Å². The summed E-state index contributed by atoms with van der Waals surface area (Å²) in [6, 6.07) is 6.26. The topological polar surface area (TPSA) is 29.5 Å². The van der Waals surface area contributed by atoms with Gasteiger partial charge in [0, 0.05) is 18.7 Å². The molecule has 2 aliphatic rings. The fourth-order valence-corrected chi connectivity index (χ4v) is 3.39. The molecule has 1 saturated heterocycles. The number of morpholine rings is 1. The molecule has 1 aromatic rings. The van der Waals surface area contributed by atoms with Crippen LogP contribution in [0, 0.1) is 0 Å². The van der Waals surface area contributed by atoms with Crippen LogP contribution in [0.25, 0.3) is 0 Å². The fourth-order valence-electron chi connectivity index (χ4n) is 3.39. The van der Waals surface area contributed by atoms with Gasteiger partial charge in [0.1, 0.15) is 0 Å². The van der Waals surface area contributed by atoms with Crippen LogP contribution in [0.5, 0.6) is 0 Å². The second-order valence-corrected chi connectivity index (χ2v) is 6.16. The molecule has 2 unspecified atom stereocenters. The summed E-state index contributed by atoms with van der Waals surface area (Å²) in [6.07, 6.45) is 5.05. The summed E-state index contributed by atoms with van der Waals surface area (Å²) >= 11 is 0. The van der Waals surface area contributed by atoms with Crippen molar-refractivity contribution in [3.8, 4) is 0 Å². The molecule has 1 aromatic carbocycles. The lowest BCUT2D eigenvalue weighted by Crippen LogP contribution is -2.48. The monoisotopic (exact) mass is 273 g/mol. The largest absolute Gasteiger partial charge is 0.372 e. The highest BCUT2D eigenvalue weighted by molar-refractivity contribution is 5.94. The summed E-state index contributed by atoms with van der Waals surface area (Å²) < 4.78 is 5.70. The van der Waals surface area contributed by atoms with E-state index in [-0.39, 0.29) is 18.1 Å². The van der Waals surface area contributed by atoms with Crippen LogP contribution in [0.4, 0.5) is 0 Å². The number of rotatable bonds is 1. The molecule has 108 valence electrons. The van der Waals surface area contributed by atoms with Crippen LogP contribution in [0.1, 0.15) is 48.2 Å². The van der Waals surface area contributed by atoms with Gasteiger partial charge in [-0.1, -0.05) is 6.07 Å². The minimum absolute atomic E-state index is 0.125. The smallest absolute Gasteiger partial charge is 0.254 e. The first-order valence-corrected chi connectivity index (χ1v) is 7.70. The maximum atomic E-state index is 12.6. The average Bonchev–Trinajstić information content (AvgIpc) is 2.45. The van der Waals surface area contributed by atoms with Gasteiger partial charge >= 0.3 is 0 Å². The van der Waals surface area contributed by atoms with Crippen molar-refractivity contribution >= 4 is 5.91 Å². The Hall–Kier alpha value is -1.35. The van der Waals surface area contributed by atoms with Gasteiger partial charge in [0.2, 0.25) is 0 Å². The number of fused-ring (bicyclic) bond motifs is 1. The van der Waals surface area contributed by atoms with Gasteiger partial charge in [0.25, 0.3) is 5.91 Å². The summed E-state index contributed by atoms with van der Waals surface area (Å²) in [5.74, 6) is 0.153. The van der Waals surface area contributed by atoms with E-state index in [0.29, 0.717) is 13.1 Å². The lowest BCUT2D eigenvalue weighted by Gasteiger charge is -2.35. The van der Waals surface area contributed by atoms with Gasteiger partial charge in [-0.3, -0.25) is 4.79 Å². The SMILES string of the molecule is CC1CN(C(=O)c2ccc3c(c2)CCCC3)CC(C)O1. The van der Waals surface area contributed by atoms with E-state index in [1.807, 2.05) is 24.8 Å². The first-order chi connectivity index (χ1) is 9.63. The van der Waals surface area contributed by atoms with Crippen LogP contribution >= 0.6 is 0 Å². The van der Waals surface area contributed by atoms with E-state index in [4.69, 9.17) is 4.74 Å². The van der Waals surface area contributed by atoms with E-state index in [1.165, 1.54) is 24.0 Å². The first kappa shape index (κ1) is 13.6. The maximum absolute atomic E-state index is 12.6. The van der Waals surface area contributed by atoms with Crippen molar-refractivity contribution in [2.45, 2.75) is 51.7 Å². The predicted molar refractivity (Wildman–Crippen MR) is 79.0 cm³/mol.